The number of aliphatic hydroxyl groups is 1. The zero-order valence-electron chi connectivity index (χ0n) is 28.1. The molecule has 262 valence electrons. The van der Waals surface area contributed by atoms with Gasteiger partial charge in [-0.05, 0) is 108 Å². The number of urea groups is 1. The van der Waals surface area contributed by atoms with Crippen molar-refractivity contribution in [2.75, 3.05) is 5.75 Å². The molecule has 4 aromatic rings. The molecule has 11 nitrogen and oxygen atoms in total. The minimum absolute atomic E-state index is 0.00677. The molecule has 1 saturated heterocycles. The molecule has 50 heavy (non-hydrogen) atoms. The molecule has 2 amide bonds. The standard InChI is InChI=1S/C38H44N6O5S/c1-23-33(22-50-37-41-42-43-44(37)31-10-12-32(46)13-11-31)48-35(49-34(23)29-6-4-25(21-45)5-7-29)30-8-2-24(3-9-30)20-39-36(47)40-38-17-26-14-27(18-38)16-28(15-26)19-38/h2-13,23,26-28,33-35,45-46H,14-22H2,1H3,(H2,39,40,47)/t23-,26?,27?,28?,33+,34+,35+,38?/m1/s1. The van der Waals surface area contributed by atoms with Crippen LogP contribution in [0.3, 0.4) is 0 Å². The minimum atomic E-state index is -0.617. The summed E-state index contributed by atoms with van der Waals surface area (Å²) in [4.78, 5) is 13.1. The molecule has 4 atom stereocenters. The molecule has 0 unspecified atom stereocenters. The van der Waals surface area contributed by atoms with E-state index in [2.05, 4.69) is 33.1 Å². The van der Waals surface area contributed by atoms with Crippen LogP contribution in [-0.2, 0) is 22.6 Å². The summed E-state index contributed by atoms with van der Waals surface area (Å²) in [6, 6.07) is 22.6. The molecule has 12 heteroatoms. The molecule has 1 aromatic heterocycles. The molecule has 3 aromatic carbocycles. The summed E-state index contributed by atoms with van der Waals surface area (Å²) >= 11 is 1.50. The number of benzene rings is 3. The molecular weight excluding hydrogens is 653 g/mol. The van der Waals surface area contributed by atoms with E-state index in [1.54, 1.807) is 28.9 Å². The van der Waals surface area contributed by atoms with Gasteiger partial charge in [0.2, 0.25) is 5.16 Å². The van der Waals surface area contributed by atoms with E-state index in [0.29, 0.717) is 17.5 Å². The van der Waals surface area contributed by atoms with Gasteiger partial charge in [0.15, 0.2) is 6.29 Å². The summed E-state index contributed by atoms with van der Waals surface area (Å²) in [6.45, 7) is 2.54. The molecule has 1 aliphatic heterocycles. The van der Waals surface area contributed by atoms with Gasteiger partial charge in [-0.2, -0.15) is 4.68 Å². The number of rotatable bonds is 10. The molecule has 5 aliphatic rings. The van der Waals surface area contributed by atoms with Gasteiger partial charge in [-0.1, -0.05) is 67.2 Å². The number of nitrogens with one attached hydrogen (secondary N) is 2. The summed E-state index contributed by atoms with van der Waals surface area (Å²) in [6.07, 6.45) is 6.35. The van der Waals surface area contributed by atoms with E-state index in [0.717, 1.165) is 65.0 Å². The fraction of sp³-hybridized carbons (Fsp3) is 0.474. The topological polar surface area (TPSA) is 144 Å². The van der Waals surface area contributed by atoms with Crippen LogP contribution in [0.1, 0.15) is 80.1 Å². The lowest BCUT2D eigenvalue weighted by atomic mass is 9.53. The Bertz CT molecular complexity index is 1750. The van der Waals surface area contributed by atoms with Gasteiger partial charge in [0.1, 0.15) is 5.75 Å². The number of amides is 2. The average Bonchev–Trinajstić information content (AvgIpc) is 3.59. The van der Waals surface area contributed by atoms with Gasteiger partial charge in [-0.15, -0.1) is 5.10 Å². The van der Waals surface area contributed by atoms with Crippen LogP contribution in [0.4, 0.5) is 4.79 Å². The van der Waals surface area contributed by atoms with Crippen LogP contribution < -0.4 is 10.6 Å². The molecule has 4 N–H and O–H groups in total. The van der Waals surface area contributed by atoms with Crippen molar-refractivity contribution in [1.82, 2.24) is 30.8 Å². The smallest absolute Gasteiger partial charge is 0.315 e. The van der Waals surface area contributed by atoms with Crippen LogP contribution in [0.15, 0.2) is 78.0 Å². The van der Waals surface area contributed by atoms with Crippen molar-refractivity contribution in [3.8, 4) is 11.4 Å². The van der Waals surface area contributed by atoms with E-state index in [1.807, 2.05) is 48.5 Å². The lowest BCUT2D eigenvalue weighted by molar-refractivity contribution is -0.268. The van der Waals surface area contributed by atoms with Crippen molar-refractivity contribution in [2.24, 2.45) is 23.7 Å². The van der Waals surface area contributed by atoms with Crippen molar-refractivity contribution >= 4 is 17.8 Å². The van der Waals surface area contributed by atoms with Gasteiger partial charge in [0.05, 0.1) is 24.5 Å². The second kappa shape index (κ2) is 14.0. The number of phenols is 1. The van der Waals surface area contributed by atoms with Gasteiger partial charge in [0, 0.05) is 29.3 Å². The van der Waals surface area contributed by atoms with Crippen LogP contribution in [0, 0.1) is 23.7 Å². The molecule has 0 spiro atoms. The van der Waals surface area contributed by atoms with Crippen LogP contribution >= 0.6 is 11.8 Å². The zero-order chi connectivity index (χ0) is 34.2. The van der Waals surface area contributed by atoms with Gasteiger partial charge < -0.3 is 30.3 Å². The first-order valence-electron chi connectivity index (χ1n) is 17.7. The highest BCUT2D eigenvalue weighted by atomic mass is 32.2. The number of carbonyl (C=O) groups is 1. The van der Waals surface area contributed by atoms with Crippen molar-refractivity contribution in [2.45, 2.75) is 87.8 Å². The maximum absolute atomic E-state index is 13.1. The number of phenolic OH excluding ortho intramolecular Hbond substituents is 1. The minimum Gasteiger partial charge on any atom is -0.508 e. The van der Waals surface area contributed by atoms with Crippen LogP contribution in [0.2, 0.25) is 0 Å². The molecule has 4 saturated carbocycles. The number of nitrogens with zero attached hydrogens (tertiary/aromatic N) is 4. The quantitative estimate of drug-likeness (QED) is 0.142. The Morgan fingerprint density at radius 2 is 1.54 bits per heavy atom. The Kier molecular flexibility index (Phi) is 9.28. The Morgan fingerprint density at radius 3 is 2.20 bits per heavy atom. The highest BCUT2D eigenvalue weighted by molar-refractivity contribution is 7.99. The highest BCUT2D eigenvalue weighted by Crippen LogP contribution is 2.55. The van der Waals surface area contributed by atoms with Crippen LogP contribution in [0.5, 0.6) is 5.75 Å². The van der Waals surface area contributed by atoms with Crippen LogP contribution in [-0.4, -0.2) is 53.8 Å². The van der Waals surface area contributed by atoms with Crippen molar-refractivity contribution in [3.05, 3.63) is 95.1 Å². The van der Waals surface area contributed by atoms with E-state index in [4.69, 9.17) is 9.47 Å². The van der Waals surface area contributed by atoms with Gasteiger partial charge in [0.25, 0.3) is 0 Å². The first-order chi connectivity index (χ1) is 24.3. The third kappa shape index (κ3) is 6.99. The van der Waals surface area contributed by atoms with E-state index in [9.17, 15) is 15.0 Å². The largest absolute Gasteiger partial charge is 0.508 e. The Hall–Kier alpha value is -3.97. The number of tetrazole rings is 1. The monoisotopic (exact) mass is 696 g/mol. The second-order valence-electron chi connectivity index (χ2n) is 14.8. The Labute approximate surface area is 296 Å². The highest BCUT2D eigenvalue weighted by Gasteiger charge is 2.51. The summed E-state index contributed by atoms with van der Waals surface area (Å²) in [7, 11) is 0. The number of carbonyl (C=O) groups excluding carboxylic acids is 1. The third-order valence-electron chi connectivity index (χ3n) is 11.2. The third-order valence-corrected chi connectivity index (χ3v) is 12.2. The maximum atomic E-state index is 13.1. The molecule has 2 heterocycles. The normalized spacial score (nSPS) is 29.9. The number of hydrogen-bond donors (Lipinski definition) is 4. The molecule has 4 aliphatic carbocycles. The molecular formula is C38H44N6O5S. The number of hydrogen-bond acceptors (Lipinski definition) is 9. The first-order valence-corrected chi connectivity index (χ1v) is 18.7. The zero-order valence-corrected chi connectivity index (χ0v) is 29.0. The second-order valence-corrected chi connectivity index (χ2v) is 15.8. The lowest BCUT2D eigenvalue weighted by Crippen LogP contribution is -2.61. The summed E-state index contributed by atoms with van der Waals surface area (Å²) < 4.78 is 14.9. The maximum Gasteiger partial charge on any atom is 0.315 e. The number of aromatic hydroxyl groups is 1. The SMILES string of the molecule is C[C@@H]1[C@H](CSc2nnnn2-c2ccc(O)cc2)O[C@H](c2ccc(CNC(=O)NC34CC5CC(CC(C5)C3)C4)cc2)O[C@@H]1c1ccc(CO)cc1. The van der Waals surface area contributed by atoms with Gasteiger partial charge in [-0.25, -0.2) is 4.79 Å². The van der Waals surface area contributed by atoms with Gasteiger partial charge >= 0.3 is 6.03 Å². The van der Waals surface area contributed by atoms with Crippen molar-refractivity contribution in [3.63, 3.8) is 0 Å². The fourth-order valence-corrected chi connectivity index (χ4v) is 10.1. The molecule has 9 rings (SSSR count). The van der Waals surface area contributed by atoms with Crippen molar-refractivity contribution < 1.29 is 24.5 Å². The average molecular weight is 697 g/mol. The number of ether oxygens (including phenoxy) is 2. The molecule has 4 bridgehead atoms. The Balaban J connectivity index is 0.942. The van der Waals surface area contributed by atoms with E-state index >= 15 is 0 Å². The predicted molar refractivity (Wildman–Crippen MR) is 187 cm³/mol. The van der Waals surface area contributed by atoms with Gasteiger partial charge in [-0.3, -0.25) is 0 Å². The summed E-state index contributed by atoms with van der Waals surface area (Å²) in [5, 5.41) is 38.7. The number of thioether (sulfide) groups is 1. The van der Waals surface area contributed by atoms with E-state index < -0.39 is 6.29 Å². The lowest BCUT2D eigenvalue weighted by Gasteiger charge is -2.56. The van der Waals surface area contributed by atoms with E-state index in [1.165, 1.54) is 31.0 Å². The number of aliphatic hydroxyl groups excluding tert-OH is 1. The Morgan fingerprint density at radius 1 is 0.900 bits per heavy atom. The van der Waals surface area contributed by atoms with Crippen molar-refractivity contribution in [1.29, 1.82) is 0 Å². The number of aromatic nitrogens is 4. The van der Waals surface area contributed by atoms with E-state index in [-0.39, 0.29) is 42.1 Å². The predicted octanol–water partition coefficient (Wildman–Crippen LogP) is 6.21. The van der Waals surface area contributed by atoms with Crippen LogP contribution in [0.25, 0.3) is 5.69 Å². The molecule has 5 fully saturated rings. The first kappa shape index (κ1) is 33.2. The summed E-state index contributed by atoms with van der Waals surface area (Å²) in [5.74, 6) is 3.08. The summed E-state index contributed by atoms with van der Waals surface area (Å²) in [5.41, 5.74) is 4.47. The fourth-order valence-electron chi connectivity index (χ4n) is 9.02. The molecule has 0 radical (unpaired) electrons.